The summed E-state index contributed by atoms with van der Waals surface area (Å²) >= 11 is 0. The number of pyridine rings is 1. The van der Waals surface area contributed by atoms with Gasteiger partial charge in [0.05, 0.1) is 17.0 Å². The van der Waals surface area contributed by atoms with Crippen molar-refractivity contribution in [2.45, 2.75) is 71.3 Å². The number of alkyl halides is 1. The van der Waals surface area contributed by atoms with Gasteiger partial charge in [0.1, 0.15) is 18.5 Å². The average molecular weight is 599 g/mol. The van der Waals surface area contributed by atoms with Gasteiger partial charge in [0.25, 0.3) is 0 Å². The summed E-state index contributed by atoms with van der Waals surface area (Å²) in [4.78, 5) is 21.4. The van der Waals surface area contributed by atoms with Crippen LogP contribution in [0.15, 0.2) is 60.8 Å². The number of rotatable bonds is 10. The van der Waals surface area contributed by atoms with Crippen LogP contribution in [0.5, 0.6) is 5.75 Å². The molecule has 1 N–H and O–H groups in total. The Balaban J connectivity index is 1.48. The Kier molecular flexibility index (Phi) is 9.28. The monoisotopic (exact) mass is 598 g/mol. The predicted molar refractivity (Wildman–Crippen MR) is 172 cm³/mol. The number of hydrogen-bond donors (Lipinski definition) is 1. The Bertz CT molecular complexity index is 1600. The highest BCUT2D eigenvalue weighted by atomic mass is 19.1. The highest BCUT2D eigenvalue weighted by Crippen LogP contribution is 2.47. The van der Waals surface area contributed by atoms with Gasteiger partial charge in [0.15, 0.2) is 0 Å². The zero-order chi connectivity index (χ0) is 30.6. The van der Waals surface area contributed by atoms with E-state index in [2.05, 4.69) is 45.3 Å². The van der Waals surface area contributed by atoms with Crippen molar-refractivity contribution < 1.29 is 19.0 Å². The minimum absolute atomic E-state index is 0.218. The fourth-order valence-corrected chi connectivity index (χ4v) is 7.06. The molecule has 1 aliphatic heterocycles. The Morgan fingerprint density at radius 2 is 1.91 bits per heavy atom. The van der Waals surface area contributed by atoms with Crippen LogP contribution in [-0.4, -0.2) is 69.3 Å². The van der Waals surface area contributed by atoms with Crippen LogP contribution in [0.4, 0.5) is 4.39 Å². The van der Waals surface area contributed by atoms with Crippen molar-refractivity contribution >= 4 is 16.9 Å². The van der Waals surface area contributed by atoms with Crippen LogP contribution in [0.2, 0.25) is 0 Å². The normalized spacial score (nSPS) is 18.9. The Morgan fingerprint density at radius 3 is 2.66 bits per heavy atom. The molecular weight excluding hydrogens is 555 g/mol. The highest BCUT2D eigenvalue weighted by Gasteiger charge is 2.34. The number of halogens is 1. The van der Waals surface area contributed by atoms with Gasteiger partial charge in [-0.1, -0.05) is 38.8 Å². The van der Waals surface area contributed by atoms with E-state index in [0.717, 1.165) is 103 Å². The molecule has 2 aliphatic rings. The van der Waals surface area contributed by atoms with Gasteiger partial charge in [-0.05, 0) is 79.5 Å². The molecule has 7 nitrogen and oxygen atoms in total. The molecule has 44 heavy (non-hydrogen) atoms. The second kappa shape index (κ2) is 13.5. The van der Waals surface area contributed by atoms with Gasteiger partial charge in [-0.3, -0.25) is 9.88 Å². The molecule has 0 bridgehead atoms. The number of nitrogens with zero attached hydrogens (tertiary/aromatic N) is 4. The molecule has 1 saturated carbocycles. The molecule has 1 aliphatic carbocycles. The Labute approximate surface area is 259 Å². The fraction of sp³-hybridized carbons (Fsp3) is 0.444. The largest absolute Gasteiger partial charge is 0.487 e. The summed E-state index contributed by atoms with van der Waals surface area (Å²) in [5.41, 5.74) is 6.27. The maximum atomic E-state index is 15.8. The first-order chi connectivity index (χ1) is 21.5. The van der Waals surface area contributed by atoms with Gasteiger partial charge in [-0.2, -0.15) is 0 Å². The summed E-state index contributed by atoms with van der Waals surface area (Å²) < 4.78 is 24.3. The second-order valence-corrected chi connectivity index (χ2v) is 12.1. The van der Waals surface area contributed by atoms with Crippen LogP contribution in [-0.2, 0) is 19.7 Å². The van der Waals surface area contributed by atoms with Gasteiger partial charge in [-0.15, -0.1) is 0 Å². The van der Waals surface area contributed by atoms with Crippen LogP contribution in [0.1, 0.15) is 72.6 Å². The molecule has 2 atom stereocenters. The second-order valence-electron chi connectivity index (χ2n) is 12.1. The van der Waals surface area contributed by atoms with Crippen LogP contribution in [0, 0.1) is 0 Å². The number of carboxylic acids is 1. The lowest BCUT2D eigenvalue weighted by Crippen LogP contribution is -2.37. The van der Waals surface area contributed by atoms with E-state index in [1.54, 1.807) is 18.3 Å². The highest BCUT2D eigenvalue weighted by molar-refractivity contribution is 5.98. The van der Waals surface area contributed by atoms with E-state index in [0.29, 0.717) is 19.6 Å². The predicted octanol–water partition coefficient (Wildman–Crippen LogP) is 7.13. The van der Waals surface area contributed by atoms with Crippen LogP contribution in [0.25, 0.3) is 22.2 Å². The summed E-state index contributed by atoms with van der Waals surface area (Å²) in [6.07, 6.45) is 4.12. The standard InChI is InChI=1S/C36H43FN4O3/c1-3-39(4-2)17-18-40-19-20-41-33-22-25(36(42)43)12-14-31(33)34(30-10-5-6-11-32(30)37)35(41)29-15-13-28(21-26(29)23-40)44-24-27-9-7-8-16-38-27/h7-9,12-16,21-22,30,32H,3-6,10-11,17-20,23-24H2,1-2H3,(H,42,43)/t30-,32-/m0/s1. The quantitative estimate of drug-likeness (QED) is 0.209. The summed E-state index contributed by atoms with van der Waals surface area (Å²) in [6.45, 7) is 10.9. The number of carboxylic acid groups (broad SMARTS) is 1. The SMILES string of the molecule is CCN(CC)CCN1CCn2c(c([C@H]3CCCC[C@@H]3F)c3ccc(C(=O)O)cc32)-c2ccc(OCc3ccccn3)cc2C1. The van der Waals surface area contributed by atoms with Crippen molar-refractivity contribution in [2.75, 3.05) is 32.7 Å². The Morgan fingerprint density at radius 1 is 1.07 bits per heavy atom. The van der Waals surface area contributed by atoms with Crippen molar-refractivity contribution in [1.29, 1.82) is 0 Å². The molecule has 0 saturated heterocycles. The molecular formula is C36H43FN4O3. The zero-order valence-electron chi connectivity index (χ0n) is 25.8. The third-order valence-corrected chi connectivity index (χ3v) is 9.51. The minimum atomic E-state index is -0.952. The molecule has 0 radical (unpaired) electrons. The summed E-state index contributed by atoms with van der Waals surface area (Å²) in [5.74, 6) is -0.395. The molecule has 3 heterocycles. The number of ether oxygens (including phenoxy) is 1. The van der Waals surface area contributed by atoms with Crippen molar-refractivity contribution in [3.63, 3.8) is 0 Å². The molecule has 1 fully saturated rings. The number of carbonyl (C=O) groups is 1. The first-order valence-corrected chi connectivity index (χ1v) is 16.1. The smallest absolute Gasteiger partial charge is 0.335 e. The first kappa shape index (κ1) is 30.3. The maximum Gasteiger partial charge on any atom is 0.335 e. The van der Waals surface area contributed by atoms with Crippen molar-refractivity contribution in [1.82, 2.24) is 19.4 Å². The van der Waals surface area contributed by atoms with Crippen molar-refractivity contribution in [3.8, 4) is 17.0 Å². The maximum absolute atomic E-state index is 15.8. The van der Waals surface area contributed by atoms with E-state index in [4.69, 9.17) is 4.74 Å². The number of aromatic nitrogens is 2. The lowest BCUT2D eigenvalue weighted by Gasteiger charge is -2.32. The van der Waals surface area contributed by atoms with E-state index < -0.39 is 12.1 Å². The van der Waals surface area contributed by atoms with Gasteiger partial charge in [-0.25, -0.2) is 9.18 Å². The molecule has 0 unspecified atom stereocenters. The molecule has 2 aromatic carbocycles. The van der Waals surface area contributed by atoms with Crippen LogP contribution >= 0.6 is 0 Å². The molecule has 4 aromatic rings. The Hall–Kier alpha value is -3.75. The van der Waals surface area contributed by atoms with E-state index in [9.17, 15) is 9.90 Å². The van der Waals surface area contributed by atoms with Gasteiger partial charge in [0.2, 0.25) is 0 Å². The summed E-state index contributed by atoms with van der Waals surface area (Å²) in [6, 6.07) is 17.4. The van der Waals surface area contributed by atoms with E-state index >= 15 is 4.39 Å². The third kappa shape index (κ3) is 6.24. The molecule has 0 spiro atoms. The number of likely N-dealkylation sites (N-methyl/N-ethyl adjacent to an activating group) is 1. The molecule has 2 aromatic heterocycles. The van der Waals surface area contributed by atoms with Gasteiger partial charge < -0.3 is 19.3 Å². The topological polar surface area (TPSA) is 70.8 Å². The van der Waals surface area contributed by atoms with Crippen molar-refractivity contribution in [3.05, 3.63) is 83.2 Å². The summed E-state index contributed by atoms with van der Waals surface area (Å²) in [7, 11) is 0. The fourth-order valence-electron chi connectivity index (χ4n) is 7.06. The van der Waals surface area contributed by atoms with Gasteiger partial charge >= 0.3 is 5.97 Å². The van der Waals surface area contributed by atoms with Crippen molar-refractivity contribution in [2.24, 2.45) is 0 Å². The number of fused-ring (bicyclic) bond motifs is 5. The van der Waals surface area contributed by atoms with Crippen LogP contribution in [0.3, 0.4) is 0 Å². The average Bonchev–Trinajstić information content (AvgIpc) is 3.35. The summed E-state index contributed by atoms with van der Waals surface area (Å²) in [5, 5.41) is 10.8. The number of hydrogen-bond acceptors (Lipinski definition) is 5. The molecule has 232 valence electrons. The lowest BCUT2D eigenvalue weighted by atomic mass is 9.80. The van der Waals surface area contributed by atoms with Gasteiger partial charge in [0, 0.05) is 61.3 Å². The van der Waals surface area contributed by atoms with E-state index in [1.807, 2.05) is 30.3 Å². The lowest BCUT2D eigenvalue weighted by molar-refractivity contribution is 0.0697. The number of aromatic carboxylic acids is 1. The van der Waals surface area contributed by atoms with E-state index in [1.165, 1.54) is 0 Å². The molecule has 0 amide bonds. The molecule has 6 rings (SSSR count). The first-order valence-electron chi connectivity index (χ1n) is 16.1. The number of benzene rings is 2. The third-order valence-electron chi connectivity index (χ3n) is 9.51. The van der Waals surface area contributed by atoms with E-state index in [-0.39, 0.29) is 11.5 Å². The zero-order valence-corrected chi connectivity index (χ0v) is 25.8. The minimum Gasteiger partial charge on any atom is -0.487 e. The molecule has 8 heteroatoms. The van der Waals surface area contributed by atoms with Crippen LogP contribution < -0.4 is 4.74 Å².